The molecular formula is C17H20N4O2. The summed E-state index contributed by atoms with van der Waals surface area (Å²) >= 11 is 0. The Bertz CT molecular complexity index is 682. The second kappa shape index (κ2) is 7.09. The van der Waals surface area contributed by atoms with Crippen LogP contribution in [0.2, 0.25) is 0 Å². The molecule has 3 rings (SSSR count). The molecule has 2 N–H and O–H groups in total. The van der Waals surface area contributed by atoms with E-state index in [2.05, 4.69) is 15.5 Å². The monoisotopic (exact) mass is 312 g/mol. The van der Waals surface area contributed by atoms with E-state index < -0.39 is 0 Å². The molecule has 1 saturated heterocycles. The average Bonchev–Trinajstić information content (AvgIpc) is 3.01. The first-order valence-corrected chi connectivity index (χ1v) is 7.90. The highest BCUT2D eigenvalue weighted by Crippen LogP contribution is 2.20. The van der Waals surface area contributed by atoms with Gasteiger partial charge in [-0.1, -0.05) is 18.6 Å². The lowest BCUT2D eigenvalue weighted by Gasteiger charge is -2.19. The maximum atomic E-state index is 12.2. The van der Waals surface area contributed by atoms with Crippen molar-refractivity contribution >= 4 is 17.5 Å². The molecule has 6 nitrogen and oxygen atoms in total. The molecule has 0 bridgehead atoms. The molecule has 2 aromatic rings. The maximum Gasteiger partial charge on any atom is 0.243 e. The minimum atomic E-state index is -0.165. The third-order valence-corrected chi connectivity index (χ3v) is 3.96. The van der Waals surface area contributed by atoms with Gasteiger partial charge in [0.25, 0.3) is 0 Å². The maximum absolute atomic E-state index is 12.2. The molecule has 23 heavy (non-hydrogen) atoms. The van der Waals surface area contributed by atoms with E-state index in [1.807, 2.05) is 30.3 Å². The highest BCUT2D eigenvalue weighted by Gasteiger charge is 2.19. The minimum absolute atomic E-state index is 0.0730. The van der Waals surface area contributed by atoms with Crippen molar-refractivity contribution < 1.29 is 9.59 Å². The molecule has 1 aromatic heterocycles. The number of hydrogen-bond acceptors (Lipinski definition) is 3. The van der Waals surface area contributed by atoms with E-state index in [0.717, 1.165) is 30.5 Å². The van der Waals surface area contributed by atoms with Gasteiger partial charge in [-0.15, -0.1) is 0 Å². The number of likely N-dealkylation sites (tertiary alicyclic amines) is 1. The summed E-state index contributed by atoms with van der Waals surface area (Å²) in [7, 11) is 0. The van der Waals surface area contributed by atoms with Gasteiger partial charge in [-0.2, -0.15) is 5.10 Å². The van der Waals surface area contributed by atoms with Crippen LogP contribution in [-0.2, 0) is 9.59 Å². The van der Waals surface area contributed by atoms with Gasteiger partial charge in [0.15, 0.2) is 0 Å². The summed E-state index contributed by atoms with van der Waals surface area (Å²) in [6.45, 7) is 0.785. The number of nitrogens with zero attached hydrogens (tertiary/aromatic N) is 2. The zero-order valence-electron chi connectivity index (χ0n) is 12.9. The number of aromatic amines is 1. The van der Waals surface area contributed by atoms with Gasteiger partial charge >= 0.3 is 0 Å². The third kappa shape index (κ3) is 3.97. The summed E-state index contributed by atoms with van der Waals surface area (Å²) in [5.41, 5.74) is 2.55. The second-order valence-corrected chi connectivity index (χ2v) is 5.73. The number of rotatable bonds is 4. The van der Waals surface area contributed by atoms with Crippen LogP contribution >= 0.6 is 0 Å². The quantitative estimate of drug-likeness (QED) is 0.910. The summed E-state index contributed by atoms with van der Waals surface area (Å²) in [6.07, 6.45) is 5.17. The largest absolute Gasteiger partial charge is 0.333 e. The fraction of sp³-hybridized carbons (Fsp3) is 0.353. The number of anilines is 1. The van der Waals surface area contributed by atoms with E-state index >= 15 is 0 Å². The van der Waals surface area contributed by atoms with E-state index in [1.165, 1.54) is 0 Å². The molecule has 1 aliphatic heterocycles. The predicted octanol–water partition coefficient (Wildman–Crippen LogP) is 2.42. The first-order chi connectivity index (χ1) is 11.2. The molecule has 1 fully saturated rings. The van der Waals surface area contributed by atoms with Crippen LogP contribution in [0.5, 0.6) is 0 Å². The fourth-order valence-corrected chi connectivity index (χ4v) is 2.76. The predicted molar refractivity (Wildman–Crippen MR) is 87.7 cm³/mol. The van der Waals surface area contributed by atoms with Crippen molar-refractivity contribution in [3.8, 4) is 11.3 Å². The van der Waals surface area contributed by atoms with Crippen molar-refractivity contribution in [2.45, 2.75) is 25.7 Å². The van der Waals surface area contributed by atoms with Crippen LogP contribution < -0.4 is 5.32 Å². The van der Waals surface area contributed by atoms with Crippen molar-refractivity contribution in [2.75, 3.05) is 18.4 Å². The first-order valence-electron chi connectivity index (χ1n) is 7.90. The molecule has 0 unspecified atom stereocenters. The van der Waals surface area contributed by atoms with Crippen LogP contribution in [0, 0.1) is 0 Å². The van der Waals surface area contributed by atoms with Gasteiger partial charge in [-0.25, -0.2) is 0 Å². The van der Waals surface area contributed by atoms with Crippen molar-refractivity contribution in [3.05, 3.63) is 36.5 Å². The van der Waals surface area contributed by atoms with E-state index in [9.17, 15) is 9.59 Å². The summed E-state index contributed by atoms with van der Waals surface area (Å²) in [5.74, 6) is -0.0918. The third-order valence-electron chi connectivity index (χ3n) is 3.96. The van der Waals surface area contributed by atoms with Crippen molar-refractivity contribution in [1.29, 1.82) is 0 Å². The number of H-pyrrole nitrogens is 1. The highest BCUT2D eigenvalue weighted by molar-refractivity contribution is 5.95. The fourth-order valence-electron chi connectivity index (χ4n) is 2.76. The molecule has 0 spiro atoms. The van der Waals surface area contributed by atoms with Gasteiger partial charge in [0.05, 0.1) is 12.2 Å². The van der Waals surface area contributed by atoms with E-state index in [0.29, 0.717) is 18.7 Å². The van der Waals surface area contributed by atoms with Crippen molar-refractivity contribution in [1.82, 2.24) is 15.1 Å². The zero-order valence-corrected chi connectivity index (χ0v) is 12.9. The van der Waals surface area contributed by atoms with Crippen LogP contribution in [-0.4, -0.2) is 40.0 Å². The van der Waals surface area contributed by atoms with Crippen LogP contribution in [0.4, 0.5) is 5.69 Å². The average molecular weight is 312 g/mol. The lowest BCUT2D eigenvalue weighted by atomic mass is 10.1. The number of nitrogens with one attached hydrogen (secondary N) is 2. The molecule has 0 aliphatic carbocycles. The van der Waals surface area contributed by atoms with Crippen molar-refractivity contribution in [2.24, 2.45) is 0 Å². The Morgan fingerprint density at radius 1 is 1.26 bits per heavy atom. The first kappa shape index (κ1) is 15.3. The van der Waals surface area contributed by atoms with Gasteiger partial charge in [-0.3, -0.25) is 14.7 Å². The molecule has 2 amide bonds. The molecule has 120 valence electrons. The number of carbonyl (C=O) groups is 2. The Balaban J connectivity index is 1.63. The van der Waals surface area contributed by atoms with Crippen LogP contribution in [0.1, 0.15) is 25.7 Å². The Kier molecular flexibility index (Phi) is 4.71. The lowest BCUT2D eigenvalue weighted by molar-refractivity contribution is -0.134. The Labute approximate surface area is 134 Å². The number of benzene rings is 1. The van der Waals surface area contributed by atoms with E-state index in [4.69, 9.17) is 0 Å². The molecule has 6 heteroatoms. The standard InChI is InChI=1S/C17H20N4O2/c22-16(12-21-10-3-1-2-7-17(21)23)19-14-6-4-5-13(11-14)15-8-9-18-20-15/h4-6,8-9,11H,1-3,7,10,12H2,(H,18,20)(H,19,22). The van der Waals surface area contributed by atoms with Crippen LogP contribution in [0.25, 0.3) is 11.3 Å². The molecular weight excluding hydrogens is 292 g/mol. The molecule has 0 saturated carbocycles. The summed E-state index contributed by atoms with van der Waals surface area (Å²) in [6, 6.07) is 9.42. The van der Waals surface area contributed by atoms with Gasteiger partial charge in [0.1, 0.15) is 0 Å². The molecule has 2 heterocycles. The van der Waals surface area contributed by atoms with E-state index in [-0.39, 0.29) is 18.4 Å². The molecule has 0 atom stereocenters. The number of aromatic nitrogens is 2. The SMILES string of the molecule is O=C(CN1CCCCCC1=O)Nc1cccc(-c2ccn[nH]2)c1. The summed E-state index contributed by atoms with van der Waals surface area (Å²) in [4.78, 5) is 25.8. The van der Waals surface area contributed by atoms with E-state index in [1.54, 1.807) is 11.1 Å². The Morgan fingerprint density at radius 3 is 3.00 bits per heavy atom. The smallest absolute Gasteiger partial charge is 0.243 e. The summed E-state index contributed by atoms with van der Waals surface area (Å²) in [5, 5.41) is 9.69. The Morgan fingerprint density at radius 2 is 2.17 bits per heavy atom. The zero-order chi connectivity index (χ0) is 16.1. The van der Waals surface area contributed by atoms with Gasteiger partial charge in [0.2, 0.25) is 11.8 Å². The number of carbonyl (C=O) groups excluding carboxylic acids is 2. The minimum Gasteiger partial charge on any atom is -0.333 e. The van der Waals surface area contributed by atoms with Crippen LogP contribution in [0.15, 0.2) is 36.5 Å². The topological polar surface area (TPSA) is 78.1 Å². The summed E-state index contributed by atoms with van der Waals surface area (Å²) < 4.78 is 0. The number of amides is 2. The van der Waals surface area contributed by atoms with Crippen LogP contribution in [0.3, 0.4) is 0 Å². The van der Waals surface area contributed by atoms with Gasteiger partial charge in [0, 0.05) is 30.4 Å². The lowest BCUT2D eigenvalue weighted by Crippen LogP contribution is -2.37. The van der Waals surface area contributed by atoms with Gasteiger partial charge < -0.3 is 10.2 Å². The molecule has 0 radical (unpaired) electrons. The highest BCUT2D eigenvalue weighted by atomic mass is 16.2. The Hall–Kier alpha value is -2.63. The molecule has 1 aliphatic rings. The molecule has 1 aromatic carbocycles. The van der Waals surface area contributed by atoms with Crippen molar-refractivity contribution in [3.63, 3.8) is 0 Å². The second-order valence-electron chi connectivity index (χ2n) is 5.73. The normalized spacial score (nSPS) is 15.3. The number of hydrogen-bond donors (Lipinski definition) is 2. The van der Waals surface area contributed by atoms with Gasteiger partial charge in [-0.05, 0) is 31.0 Å².